The average Bonchev–Trinajstić information content (AvgIpc) is 2.43. The van der Waals surface area contributed by atoms with Crippen molar-refractivity contribution in [3.05, 3.63) is 22.3 Å². The van der Waals surface area contributed by atoms with Crippen LogP contribution in [0.5, 0.6) is 11.5 Å². The van der Waals surface area contributed by atoms with Gasteiger partial charge in [0.1, 0.15) is 17.8 Å². The van der Waals surface area contributed by atoms with Crippen molar-refractivity contribution in [1.29, 1.82) is 0 Å². The summed E-state index contributed by atoms with van der Waals surface area (Å²) in [6.07, 6.45) is 5.51. The highest BCUT2D eigenvalue weighted by Gasteiger charge is 2.26. The maximum Gasteiger partial charge on any atom is 0.126 e. The standard InChI is InChI=1S/C15H18O3/c1-10-11-4-2-9-18-15(11)13(6-7-16)12-5-3-8-17-14(10)12/h7H,2-6,8-9H2,1H3. The van der Waals surface area contributed by atoms with Crippen LogP contribution in [0, 0.1) is 6.92 Å². The SMILES string of the molecule is Cc1c2c(c(CC=O)c3c1OCCC3)OCCC2. The summed E-state index contributed by atoms with van der Waals surface area (Å²) in [4.78, 5) is 10.9. The van der Waals surface area contributed by atoms with Gasteiger partial charge in [-0.25, -0.2) is 0 Å². The molecule has 2 aliphatic heterocycles. The van der Waals surface area contributed by atoms with Gasteiger partial charge >= 0.3 is 0 Å². The Labute approximate surface area is 107 Å². The lowest BCUT2D eigenvalue weighted by Gasteiger charge is -2.29. The van der Waals surface area contributed by atoms with Crippen molar-refractivity contribution >= 4 is 6.29 Å². The highest BCUT2D eigenvalue weighted by molar-refractivity contribution is 5.66. The summed E-state index contributed by atoms with van der Waals surface area (Å²) in [6.45, 7) is 3.66. The quantitative estimate of drug-likeness (QED) is 0.752. The maximum absolute atomic E-state index is 10.9. The molecule has 3 heteroatoms. The second-order valence-corrected chi connectivity index (χ2v) is 4.99. The fraction of sp³-hybridized carbons (Fsp3) is 0.533. The molecule has 3 rings (SSSR count). The molecule has 0 aromatic heterocycles. The fourth-order valence-electron chi connectivity index (χ4n) is 3.07. The Bertz CT molecular complexity index is 454. The monoisotopic (exact) mass is 246 g/mol. The highest BCUT2D eigenvalue weighted by atomic mass is 16.5. The van der Waals surface area contributed by atoms with Crippen molar-refractivity contribution in [1.82, 2.24) is 0 Å². The Kier molecular flexibility index (Phi) is 2.98. The fourth-order valence-corrected chi connectivity index (χ4v) is 3.07. The van der Waals surface area contributed by atoms with Crippen LogP contribution in [-0.2, 0) is 24.1 Å². The Balaban J connectivity index is 2.23. The molecule has 1 aromatic carbocycles. The number of hydrogen-bond acceptors (Lipinski definition) is 3. The molecule has 0 saturated heterocycles. The third kappa shape index (κ3) is 1.69. The van der Waals surface area contributed by atoms with E-state index in [-0.39, 0.29) is 0 Å². The summed E-state index contributed by atoms with van der Waals surface area (Å²) < 4.78 is 11.7. The van der Waals surface area contributed by atoms with Crippen molar-refractivity contribution in [2.24, 2.45) is 0 Å². The van der Waals surface area contributed by atoms with Gasteiger partial charge in [0.05, 0.1) is 13.2 Å². The zero-order valence-electron chi connectivity index (χ0n) is 10.8. The maximum atomic E-state index is 10.9. The number of fused-ring (bicyclic) bond motifs is 2. The first-order valence-corrected chi connectivity index (χ1v) is 6.69. The molecule has 96 valence electrons. The van der Waals surface area contributed by atoms with E-state index >= 15 is 0 Å². The first kappa shape index (κ1) is 11.6. The number of benzene rings is 1. The van der Waals surface area contributed by atoms with Gasteiger partial charge in [0, 0.05) is 23.1 Å². The van der Waals surface area contributed by atoms with Crippen LogP contribution in [0.3, 0.4) is 0 Å². The molecule has 0 atom stereocenters. The molecule has 0 spiro atoms. The smallest absolute Gasteiger partial charge is 0.126 e. The predicted molar refractivity (Wildman–Crippen MR) is 68.6 cm³/mol. The molecule has 0 radical (unpaired) electrons. The Morgan fingerprint density at radius 2 is 1.72 bits per heavy atom. The van der Waals surface area contributed by atoms with Gasteiger partial charge in [-0.05, 0) is 38.2 Å². The van der Waals surface area contributed by atoms with Gasteiger partial charge in [-0.1, -0.05) is 0 Å². The van der Waals surface area contributed by atoms with Gasteiger partial charge in [-0.3, -0.25) is 0 Å². The van der Waals surface area contributed by atoms with E-state index in [1.54, 1.807) is 0 Å². The lowest BCUT2D eigenvalue weighted by atomic mass is 9.88. The molecular formula is C15H18O3. The van der Waals surface area contributed by atoms with Crippen molar-refractivity contribution in [2.45, 2.75) is 39.0 Å². The third-order valence-corrected chi connectivity index (χ3v) is 3.90. The molecule has 0 N–H and O–H groups in total. The van der Waals surface area contributed by atoms with E-state index in [4.69, 9.17) is 9.47 Å². The summed E-state index contributed by atoms with van der Waals surface area (Å²) in [6, 6.07) is 0. The molecule has 0 bridgehead atoms. The largest absolute Gasteiger partial charge is 0.493 e. The number of ether oxygens (including phenoxy) is 2. The van der Waals surface area contributed by atoms with E-state index in [0.29, 0.717) is 6.42 Å². The summed E-state index contributed by atoms with van der Waals surface area (Å²) in [5.41, 5.74) is 4.74. The zero-order valence-corrected chi connectivity index (χ0v) is 10.8. The molecular weight excluding hydrogens is 228 g/mol. The first-order chi connectivity index (χ1) is 8.83. The molecule has 3 nitrogen and oxygen atoms in total. The van der Waals surface area contributed by atoms with E-state index in [9.17, 15) is 4.79 Å². The molecule has 2 aliphatic rings. The van der Waals surface area contributed by atoms with Crippen LogP contribution in [-0.4, -0.2) is 19.5 Å². The molecule has 2 heterocycles. The topological polar surface area (TPSA) is 35.5 Å². The lowest BCUT2D eigenvalue weighted by molar-refractivity contribution is -0.107. The Morgan fingerprint density at radius 3 is 2.44 bits per heavy atom. The first-order valence-electron chi connectivity index (χ1n) is 6.69. The van der Waals surface area contributed by atoms with E-state index in [0.717, 1.165) is 62.2 Å². The molecule has 0 saturated carbocycles. The van der Waals surface area contributed by atoms with Crippen LogP contribution in [0.4, 0.5) is 0 Å². The third-order valence-electron chi connectivity index (χ3n) is 3.90. The zero-order chi connectivity index (χ0) is 12.5. The number of hydrogen-bond donors (Lipinski definition) is 0. The minimum atomic E-state index is 0.439. The van der Waals surface area contributed by atoms with Gasteiger partial charge in [0.15, 0.2) is 0 Å². The average molecular weight is 246 g/mol. The molecule has 0 aliphatic carbocycles. The second kappa shape index (κ2) is 4.63. The van der Waals surface area contributed by atoms with Crippen LogP contribution in [0.15, 0.2) is 0 Å². The van der Waals surface area contributed by atoms with Crippen molar-refractivity contribution in [3.8, 4) is 11.5 Å². The molecule has 18 heavy (non-hydrogen) atoms. The molecule has 0 amide bonds. The van der Waals surface area contributed by atoms with E-state index < -0.39 is 0 Å². The van der Waals surface area contributed by atoms with E-state index in [1.165, 1.54) is 16.7 Å². The van der Waals surface area contributed by atoms with Gasteiger partial charge in [-0.2, -0.15) is 0 Å². The van der Waals surface area contributed by atoms with Gasteiger partial charge in [-0.15, -0.1) is 0 Å². The summed E-state index contributed by atoms with van der Waals surface area (Å²) >= 11 is 0. The van der Waals surface area contributed by atoms with Gasteiger partial charge in [0.25, 0.3) is 0 Å². The number of aldehydes is 1. The Hall–Kier alpha value is -1.51. The van der Waals surface area contributed by atoms with Crippen molar-refractivity contribution in [3.63, 3.8) is 0 Å². The minimum absolute atomic E-state index is 0.439. The number of rotatable bonds is 2. The van der Waals surface area contributed by atoms with Crippen LogP contribution in [0.25, 0.3) is 0 Å². The van der Waals surface area contributed by atoms with E-state index in [2.05, 4.69) is 6.92 Å². The van der Waals surface area contributed by atoms with Gasteiger partial charge in [0.2, 0.25) is 0 Å². The van der Waals surface area contributed by atoms with E-state index in [1.807, 2.05) is 0 Å². The van der Waals surface area contributed by atoms with Crippen LogP contribution < -0.4 is 9.47 Å². The van der Waals surface area contributed by atoms with Gasteiger partial charge < -0.3 is 14.3 Å². The molecule has 0 fully saturated rings. The summed E-state index contributed by atoms with van der Waals surface area (Å²) in [5, 5.41) is 0. The van der Waals surface area contributed by atoms with Crippen molar-refractivity contribution < 1.29 is 14.3 Å². The van der Waals surface area contributed by atoms with Crippen LogP contribution >= 0.6 is 0 Å². The van der Waals surface area contributed by atoms with Crippen LogP contribution in [0.1, 0.15) is 35.1 Å². The predicted octanol–water partition coefficient (Wildman–Crippen LogP) is 2.39. The number of carbonyl (C=O) groups excluding carboxylic acids is 1. The normalized spacial score (nSPS) is 17.2. The molecule has 0 unspecified atom stereocenters. The second-order valence-electron chi connectivity index (χ2n) is 4.99. The lowest BCUT2D eigenvalue weighted by Crippen LogP contribution is -2.19. The summed E-state index contributed by atoms with van der Waals surface area (Å²) in [7, 11) is 0. The number of carbonyl (C=O) groups is 1. The highest BCUT2D eigenvalue weighted by Crippen LogP contribution is 2.43. The summed E-state index contributed by atoms with van der Waals surface area (Å²) in [5.74, 6) is 1.98. The minimum Gasteiger partial charge on any atom is -0.493 e. The Morgan fingerprint density at radius 1 is 1.06 bits per heavy atom. The van der Waals surface area contributed by atoms with Crippen molar-refractivity contribution in [2.75, 3.05) is 13.2 Å². The molecule has 1 aromatic rings. The van der Waals surface area contributed by atoms with Crippen LogP contribution in [0.2, 0.25) is 0 Å².